The third-order valence-corrected chi connectivity index (χ3v) is 5.83. The van der Waals surface area contributed by atoms with Crippen molar-refractivity contribution in [2.75, 3.05) is 44.5 Å². The van der Waals surface area contributed by atoms with E-state index in [1.165, 1.54) is 14.2 Å². The van der Waals surface area contributed by atoms with Crippen molar-refractivity contribution in [1.29, 1.82) is 0 Å². The number of para-hydroxylation sites is 2. The average molecular weight is 540 g/mol. The molecular formula is C28H30ClN3O6. The Balaban J connectivity index is 1.47. The van der Waals surface area contributed by atoms with Gasteiger partial charge in [-0.25, -0.2) is 9.59 Å². The summed E-state index contributed by atoms with van der Waals surface area (Å²) in [6.45, 7) is 2.58. The minimum Gasteiger partial charge on any atom is -0.495 e. The number of anilines is 2. The molecule has 0 atom stereocenters. The number of esters is 1. The molecular weight excluding hydrogens is 510 g/mol. The second kappa shape index (κ2) is 14.0. The number of benzene rings is 3. The standard InChI is InChI=1S/C28H30ClN3O6/c1-18-7-4-5-10-23(18)31-28(35)32-24-12-11-19(16-25(24)36-2)15-20(33)17-30-13-14-38-26-21(27(34)37-3)8-6-9-22(26)29/h4-12,16,30H,13-15,17H2,1-3H3,(H2,31,32,35). The Hall–Kier alpha value is -4.08. The van der Waals surface area contributed by atoms with Crippen LogP contribution >= 0.6 is 11.6 Å². The van der Waals surface area contributed by atoms with Crippen LogP contribution in [-0.4, -0.2) is 51.7 Å². The van der Waals surface area contributed by atoms with Crippen molar-refractivity contribution in [3.63, 3.8) is 0 Å². The highest BCUT2D eigenvalue weighted by Gasteiger charge is 2.16. The van der Waals surface area contributed by atoms with Gasteiger partial charge >= 0.3 is 12.0 Å². The van der Waals surface area contributed by atoms with Crippen molar-refractivity contribution in [2.24, 2.45) is 0 Å². The average Bonchev–Trinajstić information content (AvgIpc) is 2.90. The minimum atomic E-state index is -0.547. The Morgan fingerprint density at radius 3 is 2.42 bits per heavy atom. The molecule has 0 fully saturated rings. The topological polar surface area (TPSA) is 115 Å². The molecule has 3 aromatic carbocycles. The number of aryl methyl sites for hydroxylation is 1. The number of rotatable bonds is 12. The van der Waals surface area contributed by atoms with E-state index in [0.29, 0.717) is 28.7 Å². The van der Waals surface area contributed by atoms with Gasteiger partial charge in [0.25, 0.3) is 0 Å². The first-order chi connectivity index (χ1) is 18.3. The zero-order valence-electron chi connectivity index (χ0n) is 21.4. The molecule has 2 amide bonds. The lowest BCUT2D eigenvalue weighted by Gasteiger charge is -2.14. The lowest BCUT2D eigenvalue weighted by molar-refractivity contribution is -0.117. The molecule has 0 bridgehead atoms. The first kappa shape index (κ1) is 28.5. The molecule has 0 aliphatic rings. The van der Waals surface area contributed by atoms with Crippen molar-refractivity contribution >= 4 is 40.8 Å². The highest BCUT2D eigenvalue weighted by molar-refractivity contribution is 6.32. The molecule has 0 saturated carbocycles. The zero-order chi connectivity index (χ0) is 27.5. The zero-order valence-corrected chi connectivity index (χ0v) is 22.2. The van der Waals surface area contributed by atoms with Crippen LogP contribution in [-0.2, 0) is 16.0 Å². The number of ketones is 1. The molecule has 38 heavy (non-hydrogen) atoms. The molecule has 0 aliphatic heterocycles. The summed E-state index contributed by atoms with van der Waals surface area (Å²) in [5.41, 5.74) is 3.11. The van der Waals surface area contributed by atoms with Crippen LogP contribution in [0.3, 0.4) is 0 Å². The van der Waals surface area contributed by atoms with Gasteiger partial charge in [-0.2, -0.15) is 0 Å². The lowest BCUT2D eigenvalue weighted by Crippen LogP contribution is -2.28. The van der Waals surface area contributed by atoms with Crippen LogP contribution in [0.5, 0.6) is 11.5 Å². The molecule has 0 heterocycles. The van der Waals surface area contributed by atoms with E-state index < -0.39 is 12.0 Å². The van der Waals surface area contributed by atoms with Gasteiger partial charge in [0.15, 0.2) is 11.5 Å². The number of hydrogen-bond donors (Lipinski definition) is 3. The fraction of sp³-hybridized carbons (Fsp3) is 0.250. The van der Waals surface area contributed by atoms with Crippen molar-refractivity contribution < 1.29 is 28.6 Å². The molecule has 0 radical (unpaired) electrons. The monoisotopic (exact) mass is 539 g/mol. The Kier molecular flexibility index (Phi) is 10.5. The fourth-order valence-corrected chi connectivity index (χ4v) is 3.84. The third-order valence-electron chi connectivity index (χ3n) is 5.53. The summed E-state index contributed by atoms with van der Waals surface area (Å²) in [7, 11) is 2.78. The molecule has 0 unspecified atom stereocenters. The van der Waals surface area contributed by atoms with Gasteiger partial charge < -0.3 is 30.2 Å². The summed E-state index contributed by atoms with van der Waals surface area (Å²) in [6, 6.07) is 17.1. The summed E-state index contributed by atoms with van der Waals surface area (Å²) in [4.78, 5) is 36.8. The van der Waals surface area contributed by atoms with E-state index in [1.54, 1.807) is 36.4 Å². The smallest absolute Gasteiger partial charge is 0.341 e. The second-order valence-electron chi connectivity index (χ2n) is 8.28. The maximum absolute atomic E-state index is 12.5. The number of methoxy groups -OCH3 is 2. The van der Waals surface area contributed by atoms with Crippen LogP contribution < -0.4 is 25.4 Å². The molecule has 0 saturated heterocycles. The van der Waals surface area contributed by atoms with Crippen LogP contribution in [0, 0.1) is 6.92 Å². The van der Waals surface area contributed by atoms with Crippen LogP contribution in [0.4, 0.5) is 16.2 Å². The largest absolute Gasteiger partial charge is 0.495 e. The summed E-state index contributed by atoms with van der Waals surface area (Å²) in [5, 5.41) is 8.90. The van der Waals surface area contributed by atoms with E-state index in [9.17, 15) is 14.4 Å². The number of halogens is 1. The maximum Gasteiger partial charge on any atom is 0.341 e. The van der Waals surface area contributed by atoms with Crippen LogP contribution in [0.15, 0.2) is 60.7 Å². The number of carbonyl (C=O) groups excluding carboxylic acids is 3. The molecule has 9 nitrogen and oxygen atoms in total. The van der Waals surface area contributed by atoms with E-state index in [-0.39, 0.29) is 36.7 Å². The molecule has 0 aromatic heterocycles. The van der Waals surface area contributed by atoms with E-state index >= 15 is 0 Å². The maximum atomic E-state index is 12.5. The van der Waals surface area contributed by atoms with Gasteiger partial charge in [0.05, 0.1) is 31.5 Å². The third kappa shape index (κ3) is 7.96. The summed E-state index contributed by atoms with van der Waals surface area (Å²) < 4.78 is 15.8. The van der Waals surface area contributed by atoms with E-state index in [2.05, 4.69) is 16.0 Å². The molecule has 200 valence electrons. The van der Waals surface area contributed by atoms with Gasteiger partial charge in [0, 0.05) is 18.7 Å². The van der Waals surface area contributed by atoms with Gasteiger partial charge in [0.2, 0.25) is 0 Å². The Labute approximate surface area is 226 Å². The number of amides is 2. The summed E-state index contributed by atoms with van der Waals surface area (Å²) in [5.74, 6) is 0.0903. The molecule has 3 N–H and O–H groups in total. The van der Waals surface area contributed by atoms with Crippen molar-refractivity contribution in [3.8, 4) is 11.5 Å². The van der Waals surface area contributed by atoms with Crippen LogP contribution in [0.1, 0.15) is 21.5 Å². The van der Waals surface area contributed by atoms with Gasteiger partial charge in [-0.05, 0) is 48.4 Å². The number of Topliss-reactive ketones (excluding diaryl/α,β-unsaturated/α-hetero) is 1. The highest BCUT2D eigenvalue weighted by Crippen LogP contribution is 2.29. The molecule has 10 heteroatoms. The summed E-state index contributed by atoms with van der Waals surface area (Å²) >= 11 is 6.15. The molecule has 0 aliphatic carbocycles. The van der Waals surface area contributed by atoms with Crippen molar-refractivity contribution in [1.82, 2.24) is 5.32 Å². The van der Waals surface area contributed by atoms with Gasteiger partial charge in [-0.1, -0.05) is 41.9 Å². The number of nitrogens with one attached hydrogen (secondary N) is 3. The Morgan fingerprint density at radius 1 is 0.921 bits per heavy atom. The van der Waals surface area contributed by atoms with Gasteiger partial charge in [-0.15, -0.1) is 0 Å². The molecule has 0 spiro atoms. The number of urea groups is 1. The van der Waals surface area contributed by atoms with E-state index in [4.69, 9.17) is 25.8 Å². The number of hydrogen-bond acceptors (Lipinski definition) is 7. The second-order valence-corrected chi connectivity index (χ2v) is 8.68. The summed E-state index contributed by atoms with van der Waals surface area (Å²) in [6.07, 6.45) is 0.177. The fourth-order valence-electron chi connectivity index (χ4n) is 3.61. The SMILES string of the molecule is COC(=O)c1cccc(Cl)c1OCCNCC(=O)Cc1ccc(NC(=O)Nc2ccccc2C)c(OC)c1. The normalized spacial score (nSPS) is 10.4. The van der Waals surface area contributed by atoms with Gasteiger partial charge in [0.1, 0.15) is 17.9 Å². The Morgan fingerprint density at radius 2 is 1.68 bits per heavy atom. The first-order valence-corrected chi connectivity index (χ1v) is 12.2. The quantitative estimate of drug-likeness (QED) is 0.222. The lowest BCUT2D eigenvalue weighted by atomic mass is 10.1. The van der Waals surface area contributed by atoms with Crippen molar-refractivity contribution in [3.05, 3.63) is 82.4 Å². The predicted molar refractivity (Wildman–Crippen MR) is 147 cm³/mol. The number of carbonyl (C=O) groups is 3. The molecule has 3 rings (SSSR count). The number of ether oxygens (including phenoxy) is 3. The molecule has 3 aromatic rings. The van der Waals surface area contributed by atoms with Gasteiger partial charge in [-0.3, -0.25) is 4.79 Å². The first-order valence-electron chi connectivity index (χ1n) is 11.8. The highest BCUT2D eigenvalue weighted by atomic mass is 35.5. The van der Waals surface area contributed by atoms with Crippen molar-refractivity contribution in [2.45, 2.75) is 13.3 Å². The van der Waals surface area contributed by atoms with E-state index in [0.717, 1.165) is 11.1 Å². The van der Waals surface area contributed by atoms with E-state index in [1.807, 2.05) is 31.2 Å². The van der Waals surface area contributed by atoms with Crippen LogP contribution in [0.25, 0.3) is 0 Å². The minimum absolute atomic E-state index is 0.0435. The Bertz CT molecular complexity index is 1300. The van der Waals surface area contributed by atoms with Crippen LogP contribution in [0.2, 0.25) is 5.02 Å². The predicted octanol–water partition coefficient (Wildman–Crippen LogP) is 4.87.